The van der Waals surface area contributed by atoms with Gasteiger partial charge >= 0.3 is 0 Å². The van der Waals surface area contributed by atoms with E-state index in [4.69, 9.17) is 0 Å². The minimum atomic E-state index is -0.499. The third-order valence-electron chi connectivity index (χ3n) is 1.78. The molecule has 0 saturated carbocycles. The maximum Gasteiger partial charge on any atom is 0.270 e. The number of carbonyl (C=O) groups excluding carboxylic acids is 1. The molecule has 1 aromatic carbocycles. The van der Waals surface area contributed by atoms with Crippen molar-refractivity contribution in [3.8, 4) is 0 Å². The van der Waals surface area contributed by atoms with Gasteiger partial charge in [0.25, 0.3) is 5.69 Å². The van der Waals surface area contributed by atoms with E-state index in [1.807, 2.05) is 22.6 Å². The number of Topliss-reactive ketones (excluding diaryl/α,β-unsaturated/α-hetero) is 1. The summed E-state index contributed by atoms with van der Waals surface area (Å²) in [6.07, 6.45) is 0.344. The molecule has 1 aromatic rings. The summed E-state index contributed by atoms with van der Waals surface area (Å²) in [5.74, 6) is -0.0834. The van der Waals surface area contributed by atoms with Crippen LogP contribution < -0.4 is 0 Å². The van der Waals surface area contributed by atoms with Crippen molar-refractivity contribution in [1.29, 1.82) is 0 Å². The Balaban J connectivity index is 3.10. The van der Waals surface area contributed by atoms with Gasteiger partial charge in [-0.05, 0) is 28.7 Å². The van der Waals surface area contributed by atoms with Crippen molar-refractivity contribution in [3.63, 3.8) is 0 Å². The number of halogens is 2. The fourth-order valence-corrected chi connectivity index (χ4v) is 2.06. The molecule has 0 saturated heterocycles. The van der Waals surface area contributed by atoms with Crippen LogP contribution in [0.3, 0.4) is 0 Å². The number of hydrogen-bond donors (Lipinski definition) is 0. The largest absolute Gasteiger partial charge is 0.294 e. The molecule has 0 unspecified atom stereocenters. The Morgan fingerprint density at radius 1 is 1.53 bits per heavy atom. The van der Waals surface area contributed by atoms with Gasteiger partial charge in [0.1, 0.15) is 0 Å². The summed E-state index contributed by atoms with van der Waals surface area (Å²) in [6, 6.07) is 4.31. The summed E-state index contributed by atoms with van der Waals surface area (Å²) in [6.45, 7) is 0. The summed E-state index contributed by atoms with van der Waals surface area (Å²) >= 11 is 5.16. The maximum atomic E-state index is 11.6. The summed E-state index contributed by atoms with van der Waals surface area (Å²) in [4.78, 5) is 21.6. The lowest BCUT2D eigenvalue weighted by Crippen LogP contribution is -2.03. The van der Waals surface area contributed by atoms with E-state index in [2.05, 4.69) is 15.9 Å². The highest BCUT2D eigenvalue weighted by molar-refractivity contribution is 14.1. The van der Waals surface area contributed by atoms with Gasteiger partial charge in [0.2, 0.25) is 0 Å². The Hall–Kier alpha value is -0.500. The quantitative estimate of drug-likeness (QED) is 0.264. The molecule has 0 radical (unpaired) electrons. The molecular formula is C9H7BrINO3. The van der Waals surface area contributed by atoms with Gasteiger partial charge in [-0.1, -0.05) is 15.9 Å². The Morgan fingerprint density at radius 3 is 2.73 bits per heavy atom. The molecule has 0 aliphatic rings. The van der Waals surface area contributed by atoms with Crippen molar-refractivity contribution in [2.75, 3.05) is 5.33 Å². The molecule has 0 N–H and O–H groups in total. The molecule has 15 heavy (non-hydrogen) atoms. The predicted octanol–water partition coefficient (Wildman–Crippen LogP) is 3.17. The van der Waals surface area contributed by atoms with E-state index in [-0.39, 0.29) is 11.5 Å². The number of nitro benzene ring substituents is 1. The van der Waals surface area contributed by atoms with Gasteiger partial charge in [0.15, 0.2) is 5.78 Å². The summed E-state index contributed by atoms with van der Waals surface area (Å²) in [7, 11) is 0. The van der Waals surface area contributed by atoms with Gasteiger partial charge in [0.05, 0.1) is 4.92 Å². The molecule has 0 aromatic heterocycles. The van der Waals surface area contributed by atoms with Crippen LogP contribution in [0, 0.1) is 13.7 Å². The fraction of sp³-hybridized carbons (Fsp3) is 0.222. The van der Waals surface area contributed by atoms with E-state index in [0.717, 1.165) is 3.57 Å². The molecule has 0 aliphatic carbocycles. The van der Waals surface area contributed by atoms with Gasteiger partial charge in [-0.2, -0.15) is 0 Å². The topological polar surface area (TPSA) is 60.2 Å². The first-order valence-electron chi connectivity index (χ1n) is 4.09. The van der Waals surface area contributed by atoms with Crippen LogP contribution in [0.1, 0.15) is 16.8 Å². The van der Waals surface area contributed by atoms with Crippen LogP contribution in [0.15, 0.2) is 18.2 Å². The molecule has 80 valence electrons. The van der Waals surface area contributed by atoms with Crippen molar-refractivity contribution in [2.45, 2.75) is 6.42 Å². The molecule has 0 bridgehead atoms. The molecule has 0 atom stereocenters. The summed E-state index contributed by atoms with van der Waals surface area (Å²) in [5.41, 5.74) is 0.373. The number of carbonyl (C=O) groups is 1. The van der Waals surface area contributed by atoms with E-state index in [1.54, 1.807) is 6.07 Å². The third-order valence-corrected chi connectivity index (χ3v) is 3.12. The zero-order chi connectivity index (χ0) is 11.4. The van der Waals surface area contributed by atoms with Crippen molar-refractivity contribution in [2.24, 2.45) is 0 Å². The minimum absolute atomic E-state index is 0.0478. The molecule has 0 spiro atoms. The van der Waals surface area contributed by atoms with Crippen molar-refractivity contribution in [1.82, 2.24) is 0 Å². The summed E-state index contributed by atoms with van der Waals surface area (Å²) in [5, 5.41) is 11.1. The number of rotatable bonds is 4. The van der Waals surface area contributed by atoms with Gasteiger partial charge < -0.3 is 0 Å². The van der Waals surface area contributed by atoms with Crippen molar-refractivity contribution in [3.05, 3.63) is 37.4 Å². The normalized spacial score (nSPS) is 10.0. The van der Waals surface area contributed by atoms with Crippen LogP contribution in [0.25, 0.3) is 0 Å². The van der Waals surface area contributed by atoms with Crippen LogP contribution in [0.2, 0.25) is 0 Å². The van der Waals surface area contributed by atoms with Crippen LogP contribution in [-0.2, 0) is 0 Å². The van der Waals surface area contributed by atoms with E-state index < -0.39 is 4.92 Å². The second kappa shape index (κ2) is 5.55. The highest BCUT2D eigenvalue weighted by atomic mass is 127. The smallest absolute Gasteiger partial charge is 0.270 e. The Kier molecular flexibility index (Phi) is 4.65. The molecule has 0 amide bonds. The number of nitrogens with zero attached hydrogens (tertiary/aromatic N) is 1. The average molecular weight is 384 g/mol. The number of hydrogen-bond acceptors (Lipinski definition) is 3. The number of benzene rings is 1. The van der Waals surface area contributed by atoms with Crippen LogP contribution >= 0.6 is 38.5 Å². The van der Waals surface area contributed by atoms with Crippen molar-refractivity contribution < 1.29 is 9.72 Å². The van der Waals surface area contributed by atoms with E-state index >= 15 is 0 Å². The maximum absolute atomic E-state index is 11.6. The van der Waals surface area contributed by atoms with E-state index in [1.165, 1.54) is 12.1 Å². The lowest BCUT2D eigenvalue weighted by Gasteiger charge is -2.01. The SMILES string of the molecule is O=C(CCBr)c1cc([N+](=O)[O-])ccc1I. The van der Waals surface area contributed by atoms with Crippen LogP contribution in [-0.4, -0.2) is 16.0 Å². The average Bonchev–Trinajstić information content (AvgIpc) is 2.18. The highest BCUT2D eigenvalue weighted by Gasteiger charge is 2.14. The van der Waals surface area contributed by atoms with Gasteiger partial charge in [0, 0.05) is 33.0 Å². The number of nitro groups is 1. The highest BCUT2D eigenvalue weighted by Crippen LogP contribution is 2.20. The first kappa shape index (κ1) is 12.6. The zero-order valence-corrected chi connectivity index (χ0v) is 11.3. The van der Waals surface area contributed by atoms with E-state index in [9.17, 15) is 14.9 Å². The predicted molar refractivity (Wildman–Crippen MR) is 68.6 cm³/mol. The number of alkyl halides is 1. The molecule has 1 rings (SSSR count). The van der Waals surface area contributed by atoms with E-state index in [0.29, 0.717) is 17.3 Å². The molecule has 6 heteroatoms. The molecule has 0 heterocycles. The molecule has 0 fully saturated rings. The van der Waals surface area contributed by atoms with Gasteiger partial charge in [-0.3, -0.25) is 14.9 Å². The standard InChI is InChI=1S/C9H7BrINO3/c10-4-3-9(13)7-5-6(12(14)15)1-2-8(7)11/h1-2,5H,3-4H2. The molecule has 0 aliphatic heterocycles. The first-order valence-corrected chi connectivity index (χ1v) is 6.29. The Morgan fingerprint density at radius 2 is 2.20 bits per heavy atom. The Labute approximate surface area is 108 Å². The third kappa shape index (κ3) is 3.23. The lowest BCUT2D eigenvalue weighted by atomic mass is 10.1. The second-order valence-electron chi connectivity index (χ2n) is 2.78. The van der Waals surface area contributed by atoms with Gasteiger partial charge in [-0.25, -0.2) is 0 Å². The monoisotopic (exact) mass is 383 g/mol. The van der Waals surface area contributed by atoms with Crippen LogP contribution in [0.5, 0.6) is 0 Å². The fourth-order valence-electron chi connectivity index (χ4n) is 1.06. The zero-order valence-electron chi connectivity index (χ0n) is 7.57. The van der Waals surface area contributed by atoms with Crippen molar-refractivity contribution >= 4 is 50.0 Å². The minimum Gasteiger partial charge on any atom is -0.294 e. The van der Waals surface area contributed by atoms with Crippen LogP contribution in [0.4, 0.5) is 5.69 Å². The molecular weight excluding hydrogens is 377 g/mol. The second-order valence-corrected chi connectivity index (χ2v) is 4.74. The summed E-state index contributed by atoms with van der Waals surface area (Å²) < 4.78 is 0.740. The molecule has 4 nitrogen and oxygen atoms in total. The van der Waals surface area contributed by atoms with Gasteiger partial charge in [-0.15, -0.1) is 0 Å². The number of non-ortho nitro benzene ring substituents is 1. The number of ketones is 1. The first-order chi connectivity index (χ1) is 7.06. The Bertz CT molecular complexity index is 408. The lowest BCUT2D eigenvalue weighted by molar-refractivity contribution is -0.384.